The van der Waals surface area contributed by atoms with Crippen molar-refractivity contribution < 1.29 is 13.2 Å². The number of benzene rings is 3. The Bertz CT molecular complexity index is 1180. The minimum Gasteiger partial charge on any atom is -0.384 e. The molecule has 0 saturated carbocycles. The lowest BCUT2D eigenvalue weighted by atomic mass is 9.98. The molecule has 0 fully saturated rings. The fraction of sp³-hybridized carbons (Fsp3) is 0.167. The number of nitrogens with two attached hydrogens (primary N) is 1. The number of rotatable bonds is 9. The van der Waals surface area contributed by atoms with Crippen molar-refractivity contribution in [3.05, 3.63) is 95.6 Å². The lowest BCUT2D eigenvalue weighted by Gasteiger charge is -2.18. The van der Waals surface area contributed by atoms with Crippen molar-refractivity contribution in [1.29, 1.82) is 5.41 Å². The summed E-state index contributed by atoms with van der Waals surface area (Å²) in [5.74, 6) is -1.00. The zero-order valence-corrected chi connectivity index (χ0v) is 18.5. The van der Waals surface area contributed by atoms with Crippen LogP contribution in [0, 0.1) is 18.3 Å². The average Bonchev–Trinajstić information content (AvgIpc) is 2.78. The van der Waals surface area contributed by atoms with Gasteiger partial charge in [0.1, 0.15) is 5.84 Å². The Hall–Kier alpha value is -3.49. The molecule has 8 heteroatoms. The number of amidine groups is 1. The van der Waals surface area contributed by atoms with Gasteiger partial charge < -0.3 is 11.1 Å². The molecule has 0 aliphatic rings. The summed E-state index contributed by atoms with van der Waals surface area (Å²) in [6.07, 6.45) is 0.370. The summed E-state index contributed by atoms with van der Waals surface area (Å²) in [5, 5.41) is 10.3. The van der Waals surface area contributed by atoms with Crippen molar-refractivity contribution in [2.24, 2.45) is 11.7 Å². The number of nitrogens with one attached hydrogen (secondary N) is 3. The van der Waals surface area contributed by atoms with Gasteiger partial charge in [0.05, 0.1) is 10.8 Å². The molecule has 0 spiro atoms. The summed E-state index contributed by atoms with van der Waals surface area (Å²) in [7, 11) is -3.75. The number of carbonyl (C=O) groups excluding carboxylic acids is 1. The molecule has 1 amide bonds. The summed E-state index contributed by atoms with van der Waals surface area (Å²) in [6, 6.07) is 22.6. The van der Waals surface area contributed by atoms with Crippen LogP contribution in [0.25, 0.3) is 0 Å². The van der Waals surface area contributed by atoms with E-state index in [4.69, 9.17) is 11.1 Å². The van der Waals surface area contributed by atoms with Crippen LogP contribution >= 0.6 is 0 Å². The highest BCUT2D eigenvalue weighted by Gasteiger charge is 2.23. The van der Waals surface area contributed by atoms with E-state index in [0.717, 1.165) is 11.1 Å². The fourth-order valence-electron chi connectivity index (χ4n) is 3.14. The highest BCUT2D eigenvalue weighted by atomic mass is 32.2. The van der Waals surface area contributed by atoms with Crippen LogP contribution in [0.3, 0.4) is 0 Å². The first kappa shape index (κ1) is 23.2. The van der Waals surface area contributed by atoms with Crippen LogP contribution in [0.1, 0.15) is 16.7 Å². The molecular weight excluding hydrogens is 424 g/mol. The first-order valence-electron chi connectivity index (χ1n) is 10.1. The molecule has 32 heavy (non-hydrogen) atoms. The average molecular weight is 451 g/mol. The predicted octanol–water partition coefficient (Wildman–Crippen LogP) is 3.05. The standard InChI is InChI=1S/C24H26N4O3S/c1-17-7-13-22(14-8-17)32(30,31)27-16-20(15-18-5-3-2-4-6-18)24(29)28-21-11-9-19(10-12-21)23(25)26/h2-14,20,27H,15-16H2,1H3,(H3,25,26)(H,28,29). The quantitative estimate of drug-likeness (QED) is 0.295. The third-order valence-electron chi connectivity index (χ3n) is 5.01. The number of hydrogen-bond donors (Lipinski definition) is 4. The molecule has 0 bridgehead atoms. The van der Waals surface area contributed by atoms with E-state index in [-0.39, 0.29) is 23.2 Å². The highest BCUT2D eigenvalue weighted by Crippen LogP contribution is 2.16. The summed E-state index contributed by atoms with van der Waals surface area (Å²) in [4.78, 5) is 13.2. The number of nitrogen functional groups attached to an aromatic ring is 1. The second-order valence-corrected chi connectivity index (χ2v) is 9.30. The van der Waals surface area contributed by atoms with Gasteiger partial charge in [0.15, 0.2) is 0 Å². The second-order valence-electron chi connectivity index (χ2n) is 7.53. The van der Waals surface area contributed by atoms with Crippen molar-refractivity contribution in [1.82, 2.24) is 4.72 Å². The molecule has 1 atom stereocenters. The molecule has 0 heterocycles. The predicted molar refractivity (Wildman–Crippen MR) is 126 cm³/mol. The van der Waals surface area contributed by atoms with Crippen LogP contribution in [0.4, 0.5) is 5.69 Å². The largest absolute Gasteiger partial charge is 0.384 e. The van der Waals surface area contributed by atoms with Gasteiger partial charge in [-0.05, 0) is 55.3 Å². The monoisotopic (exact) mass is 450 g/mol. The maximum absolute atomic E-state index is 13.0. The molecule has 7 nitrogen and oxygen atoms in total. The van der Waals surface area contributed by atoms with E-state index in [1.165, 1.54) is 0 Å². The van der Waals surface area contributed by atoms with E-state index in [0.29, 0.717) is 17.7 Å². The number of amides is 1. The van der Waals surface area contributed by atoms with Crippen LogP contribution in [-0.2, 0) is 21.2 Å². The van der Waals surface area contributed by atoms with Crippen molar-refractivity contribution in [2.75, 3.05) is 11.9 Å². The van der Waals surface area contributed by atoms with E-state index >= 15 is 0 Å². The number of carbonyl (C=O) groups is 1. The van der Waals surface area contributed by atoms with Gasteiger partial charge in [-0.15, -0.1) is 0 Å². The summed E-state index contributed by atoms with van der Waals surface area (Å²) in [6.45, 7) is 1.83. The first-order valence-corrected chi connectivity index (χ1v) is 11.6. The number of sulfonamides is 1. The third kappa shape index (κ3) is 6.26. The van der Waals surface area contributed by atoms with Gasteiger partial charge in [0, 0.05) is 17.8 Å². The molecule has 5 N–H and O–H groups in total. The number of hydrogen-bond acceptors (Lipinski definition) is 4. The third-order valence-corrected chi connectivity index (χ3v) is 6.45. The van der Waals surface area contributed by atoms with Crippen LogP contribution < -0.4 is 15.8 Å². The molecule has 0 aliphatic carbocycles. The molecule has 0 aromatic heterocycles. The van der Waals surface area contributed by atoms with E-state index in [1.54, 1.807) is 48.5 Å². The van der Waals surface area contributed by atoms with Crippen molar-refractivity contribution >= 4 is 27.5 Å². The lowest BCUT2D eigenvalue weighted by Crippen LogP contribution is -2.36. The van der Waals surface area contributed by atoms with Gasteiger partial charge >= 0.3 is 0 Å². The maximum Gasteiger partial charge on any atom is 0.240 e. The summed E-state index contributed by atoms with van der Waals surface area (Å²) in [5.41, 5.74) is 8.44. The number of anilines is 1. The summed E-state index contributed by atoms with van der Waals surface area (Å²) < 4.78 is 28.0. The Morgan fingerprint density at radius 3 is 2.19 bits per heavy atom. The SMILES string of the molecule is Cc1ccc(S(=O)(=O)NCC(Cc2ccccc2)C(=O)Nc2ccc(C(=N)N)cc2)cc1. The fourth-order valence-corrected chi connectivity index (χ4v) is 4.23. The Morgan fingerprint density at radius 1 is 0.969 bits per heavy atom. The van der Waals surface area contributed by atoms with Gasteiger partial charge in [-0.1, -0.05) is 48.0 Å². The minimum absolute atomic E-state index is 0.0531. The topological polar surface area (TPSA) is 125 Å². The minimum atomic E-state index is -3.75. The van der Waals surface area contributed by atoms with Gasteiger partial charge in [-0.2, -0.15) is 0 Å². The molecule has 166 valence electrons. The smallest absolute Gasteiger partial charge is 0.240 e. The zero-order chi connectivity index (χ0) is 23.1. The molecule has 0 saturated heterocycles. The van der Waals surface area contributed by atoms with Crippen molar-refractivity contribution in [3.63, 3.8) is 0 Å². The van der Waals surface area contributed by atoms with E-state index in [9.17, 15) is 13.2 Å². The van der Waals surface area contributed by atoms with Crippen molar-refractivity contribution in [2.45, 2.75) is 18.2 Å². The van der Waals surface area contributed by atoms with E-state index < -0.39 is 15.9 Å². The molecule has 3 aromatic carbocycles. The van der Waals surface area contributed by atoms with Crippen LogP contribution in [0.15, 0.2) is 83.8 Å². The molecule has 0 radical (unpaired) electrons. The van der Waals surface area contributed by atoms with E-state index in [1.807, 2.05) is 37.3 Å². The van der Waals surface area contributed by atoms with Gasteiger partial charge in [-0.25, -0.2) is 13.1 Å². The zero-order valence-electron chi connectivity index (χ0n) is 17.7. The molecule has 3 aromatic rings. The van der Waals surface area contributed by atoms with Gasteiger partial charge in [0.2, 0.25) is 15.9 Å². The highest BCUT2D eigenvalue weighted by molar-refractivity contribution is 7.89. The van der Waals surface area contributed by atoms with Gasteiger partial charge in [0.25, 0.3) is 0 Å². The Balaban J connectivity index is 1.75. The summed E-state index contributed by atoms with van der Waals surface area (Å²) >= 11 is 0. The van der Waals surface area contributed by atoms with Crippen LogP contribution in [0.5, 0.6) is 0 Å². The van der Waals surface area contributed by atoms with E-state index in [2.05, 4.69) is 10.0 Å². The van der Waals surface area contributed by atoms with Crippen LogP contribution in [-0.4, -0.2) is 26.7 Å². The first-order chi connectivity index (χ1) is 15.2. The second kappa shape index (κ2) is 10.2. The lowest BCUT2D eigenvalue weighted by molar-refractivity contribution is -0.119. The molecule has 3 rings (SSSR count). The Morgan fingerprint density at radius 2 is 1.59 bits per heavy atom. The van der Waals surface area contributed by atoms with Crippen molar-refractivity contribution in [3.8, 4) is 0 Å². The maximum atomic E-state index is 13.0. The van der Waals surface area contributed by atoms with Crippen LogP contribution in [0.2, 0.25) is 0 Å². The normalized spacial score (nSPS) is 12.2. The van der Waals surface area contributed by atoms with Gasteiger partial charge in [-0.3, -0.25) is 10.2 Å². The molecule has 1 unspecified atom stereocenters. The Kier molecular flexibility index (Phi) is 7.40. The molecule has 0 aliphatic heterocycles. The number of aryl methyl sites for hydroxylation is 1. The molecular formula is C24H26N4O3S. The Labute approximate surface area is 188 Å².